The van der Waals surface area contributed by atoms with Gasteiger partial charge in [-0.15, -0.1) is 0 Å². The Labute approximate surface area is 244 Å². The van der Waals surface area contributed by atoms with E-state index < -0.39 is 24.5 Å². The number of urea groups is 1. The van der Waals surface area contributed by atoms with Gasteiger partial charge in [0.25, 0.3) is 5.91 Å². The summed E-state index contributed by atoms with van der Waals surface area (Å²) in [6.07, 6.45) is 4.44. The highest BCUT2D eigenvalue weighted by Crippen LogP contribution is 2.33. The van der Waals surface area contributed by atoms with E-state index >= 15 is 0 Å². The Morgan fingerprint density at radius 3 is 2.12 bits per heavy atom. The number of aliphatic carboxylic acids is 1. The first-order valence-corrected chi connectivity index (χ1v) is 14.0. The van der Waals surface area contributed by atoms with Crippen LogP contribution in [0.25, 0.3) is 5.70 Å². The van der Waals surface area contributed by atoms with Crippen LogP contribution < -0.4 is 15.5 Å². The Kier molecular flexibility index (Phi) is 10.2. The summed E-state index contributed by atoms with van der Waals surface area (Å²) in [5, 5.41) is 24.1. The molecule has 1 atom stereocenters. The second-order valence-electron chi connectivity index (χ2n) is 10.2. The van der Waals surface area contributed by atoms with Gasteiger partial charge in [0.15, 0.2) is 6.10 Å². The van der Waals surface area contributed by atoms with Crippen molar-refractivity contribution in [3.63, 3.8) is 0 Å². The maximum absolute atomic E-state index is 13.6. The molecule has 0 heterocycles. The lowest BCUT2D eigenvalue weighted by Crippen LogP contribution is -2.38. The van der Waals surface area contributed by atoms with Crippen LogP contribution in [0.5, 0.6) is 0 Å². The Morgan fingerprint density at radius 1 is 0.902 bits per heavy atom. The summed E-state index contributed by atoms with van der Waals surface area (Å²) in [6.45, 7) is 3.84. The highest BCUT2D eigenvalue weighted by Gasteiger charge is 2.20. The number of aliphatic hydroxyl groups is 1. The molecule has 1 saturated carbocycles. The maximum atomic E-state index is 13.6. The average Bonchev–Trinajstić information content (AvgIpc) is 2.99. The Hall–Kier alpha value is -4.14. The number of anilines is 1. The van der Waals surface area contributed by atoms with Crippen LogP contribution in [0, 0.1) is 0 Å². The van der Waals surface area contributed by atoms with Gasteiger partial charge in [0.1, 0.15) is 0 Å². The second kappa shape index (κ2) is 14.0. The molecule has 0 aromatic heterocycles. The average molecular weight is 576 g/mol. The molecule has 0 unspecified atom stereocenters. The number of amides is 3. The summed E-state index contributed by atoms with van der Waals surface area (Å²) in [7, 11) is 0. The van der Waals surface area contributed by atoms with E-state index in [-0.39, 0.29) is 12.6 Å². The standard InChI is InChI=1S/C32H34ClN3O5/c1-21(23-11-15-27(33)16-12-23)35-32(41)36(28-17-13-25(14-18-28)24-5-3-2-4-6-24)20-22-7-9-26(10-8-22)30(38)34-19-29(37)31(39)40/h7-18,24,29,37H,1-6,19-20H2,(H,34,38)(H,35,41)(H,39,40)/t29-/m1/s1. The molecule has 4 N–H and O–H groups in total. The summed E-state index contributed by atoms with van der Waals surface area (Å²) in [6, 6.07) is 21.4. The number of carbonyl (C=O) groups excluding carboxylic acids is 2. The van der Waals surface area contributed by atoms with Gasteiger partial charge < -0.3 is 20.8 Å². The van der Waals surface area contributed by atoms with E-state index in [4.69, 9.17) is 16.7 Å². The molecule has 3 amide bonds. The van der Waals surface area contributed by atoms with Crippen LogP contribution >= 0.6 is 11.6 Å². The third kappa shape index (κ3) is 8.19. The fourth-order valence-electron chi connectivity index (χ4n) is 4.89. The first kappa shape index (κ1) is 29.8. The molecule has 9 heteroatoms. The van der Waals surface area contributed by atoms with Crippen LogP contribution in [0.1, 0.15) is 65.1 Å². The lowest BCUT2D eigenvalue weighted by atomic mass is 9.84. The largest absolute Gasteiger partial charge is 0.479 e. The van der Waals surface area contributed by atoms with Crippen molar-refractivity contribution in [1.82, 2.24) is 10.6 Å². The van der Waals surface area contributed by atoms with Crippen molar-refractivity contribution >= 4 is 40.9 Å². The van der Waals surface area contributed by atoms with Gasteiger partial charge in [-0.1, -0.05) is 73.8 Å². The number of nitrogens with zero attached hydrogens (tertiary/aromatic N) is 1. The number of rotatable bonds is 10. The van der Waals surface area contributed by atoms with E-state index in [2.05, 4.69) is 29.3 Å². The van der Waals surface area contributed by atoms with E-state index in [1.54, 1.807) is 53.4 Å². The van der Waals surface area contributed by atoms with E-state index in [0.29, 0.717) is 22.2 Å². The summed E-state index contributed by atoms with van der Waals surface area (Å²) in [4.78, 5) is 38.3. The number of aliphatic hydroxyl groups excluding tert-OH is 1. The summed E-state index contributed by atoms with van der Waals surface area (Å²) < 4.78 is 0. The maximum Gasteiger partial charge on any atom is 0.334 e. The van der Waals surface area contributed by atoms with Crippen molar-refractivity contribution in [3.8, 4) is 0 Å². The molecule has 0 spiro atoms. The molecule has 3 aromatic carbocycles. The van der Waals surface area contributed by atoms with Crippen molar-refractivity contribution in [2.45, 2.75) is 50.7 Å². The van der Waals surface area contributed by atoms with E-state index in [1.165, 1.54) is 37.7 Å². The number of carbonyl (C=O) groups is 3. The molecule has 1 aliphatic rings. The van der Waals surface area contributed by atoms with Gasteiger partial charge in [-0.3, -0.25) is 9.69 Å². The van der Waals surface area contributed by atoms with Gasteiger partial charge in [-0.05, 0) is 71.8 Å². The number of carboxylic acids is 1. The predicted octanol–water partition coefficient (Wildman–Crippen LogP) is 5.95. The number of hydrogen-bond donors (Lipinski definition) is 4. The fraction of sp³-hybridized carbons (Fsp3) is 0.281. The third-order valence-electron chi connectivity index (χ3n) is 7.27. The van der Waals surface area contributed by atoms with Crippen molar-refractivity contribution < 1.29 is 24.6 Å². The monoisotopic (exact) mass is 575 g/mol. The Morgan fingerprint density at radius 2 is 1.51 bits per heavy atom. The van der Waals surface area contributed by atoms with Crippen molar-refractivity contribution in [3.05, 3.63) is 107 Å². The van der Waals surface area contributed by atoms with Crippen molar-refractivity contribution in [1.29, 1.82) is 0 Å². The molecule has 0 radical (unpaired) electrons. The fourth-order valence-corrected chi connectivity index (χ4v) is 5.01. The molecule has 0 aliphatic heterocycles. The molecule has 4 rings (SSSR count). The van der Waals surface area contributed by atoms with Gasteiger partial charge in [-0.2, -0.15) is 0 Å². The molecule has 1 aliphatic carbocycles. The van der Waals surface area contributed by atoms with E-state index in [1.807, 2.05) is 12.1 Å². The molecule has 3 aromatic rings. The lowest BCUT2D eigenvalue weighted by Gasteiger charge is -2.26. The van der Waals surface area contributed by atoms with Gasteiger partial charge in [0.05, 0.1) is 13.1 Å². The highest BCUT2D eigenvalue weighted by atomic mass is 35.5. The highest BCUT2D eigenvalue weighted by molar-refractivity contribution is 6.30. The molecular weight excluding hydrogens is 542 g/mol. The first-order chi connectivity index (χ1) is 19.7. The van der Waals surface area contributed by atoms with Gasteiger partial charge >= 0.3 is 12.0 Å². The minimum Gasteiger partial charge on any atom is -0.479 e. The molecule has 214 valence electrons. The number of benzene rings is 3. The van der Waals surface area contributed by atoms with Crippen LogP contribution in [-0.4, -0.2) is 40.8 Å². The second-order valence-corrected chi connectivity index (χ2v) is 10.6. The van der Waals surface area contributed by atoms with Gasteiger partial charge in [0, 0.05) is 22.0 Å². The smallest absolute Gasteiger partial charge is 0.334 e. The molecule has 1 fully saturated rings. The third-order valence-corrected chi connectivity index (χ3v) is 7.53. The number of hydrogen-bond acceptors (Lipinski definition) is 4. The van der Waals surface area contributed by atoms with Crippen molar-refractivity contribution in [2.75, 3.05) is 11.4 Å². The number of carboxylic acid groups (broad SMARTS) is 1. The quantitative estimate of drug-likeness (QED) is 0.238. The zero-order chi connectivity index (χ0) is 29.4. The Balaban J connectivity index is 1.51. The SMILES string of the molecule is C=C(NC(=O)N(Cc1ccc(C(=O)NC[C@@H](O)C(=O)O)cc1)c1ccc(C2CCCCC2)cc1)c1ccc(Cl)cc1. The van der Waals surface area contributed by atoms with Gasteiger partial charge in [-0.25, -0.2) is 9.59 Å². The number of halogens is 1. The molecule has 0 bridgehead atoms. The normalized spacial score (nSPS) is 14.1. The molecular formula is C32H34ClN3O5. The van der Waals surface area contributed by atoms with Crippen LogP contribution in [0.15, 0.2) is 79.4 Å². The minimum atomic E-state index is -1.68. The van der Waals surface area contributed by atoms with Crippen LogP contribution in [0.2, 0.25) is 5.02 Å². The Bertz CT molecular complexity index is 1370. The summed E-state index contributed by atoms with van der Waals surface area (Å²) in [5.41, 5.74) is 4.24. The topological polar surface area (TPSA) is 119 Å². The van der Waals surface area contributed by atoms with Crippen molar-refractivity contribution in [2.24, 2.45) is 0 Å². The lowest BCUT2D eigenvalue weighted by molar-refractivity contribution is -0.146. The summed E-state index contributed by atoms with van der Waals surface area (Å²) >= 11 is 6.00. The summed E-state index contributed by atoms with van der Waals surface area (Å²) in [5.74, 6) is -1.38. The van der Waals surface area contributed by atoms with Gasteiger partial charge in [0.2, 0.25) is 0 Å². The van der Waals surface area contributed by atoms with E-state index in [9.17, 15) is 19.5 Å². The van der Waals surface area contributed by atoms with Crippen LogP contribution in [0.3, 0.4) is 0 Å². The first-order valence-electron chi connectivity index (χ1n) is 13.6. The zero-order valence-corrected chi connectivity index (χ0v) is 23.4. The predicted molar refractivity (Wildman–Crippen MR) is 160 cm³/mol. The zero-order valence-electron chi connectivity index (χ0n) is 22.7. The van der Waals surface area contributed by atoms with E-state index in [0.717, 1.165) is 16.8 Å². The molecule has 8 nitrogen and oxygen atoms in total. The van der Waals surface area contributed by atoms with Crippen LogP contribution in [0.4, 0.5) is 10.5 Å². The van der Waals surface area contributed by atoms with Crippen LogP contribution in [-0.2, 0) is 11.3 Å². The molecule has 41 heavy (non-hydrogen) atoms. The number of nitrogens with one attached hydrogen (secondary N) is 2. The minimum absolute atomic E-state index is 0.224. The molecule has 0 saturated heterocycles.